The largest absolute Gasteiger partial charge is 0.497 e. The first-order chi connectivity index (χ1) is 10.2. The van der Waals surface area contributed by atoms with Crippen LogP contribution in [0.1, 0.15) is 24.4 Å². The van der Waals surface area contributed by atoms with Gasteiger partial charge in [-0.25, -0.2) is 4.98 Å². The average Bonchev–Trinajstić information content (AvgIpc) is 2.92. The zero-order valence-corrected chi connectivity index (χ0v) is 13.0. The first-order valence-electron chi connectivity index (χ1n) is 6.95. The minimum absolute atomic E-state index is 0.215. The van der Waals surface area contributed by atoms with Crippen LogP contribution in [0, 0.1) is 0 Å². The van der Waals surface area contributed by atoms with E-state index in [1.54, 1.807) is 7.11 Å². The van der Waals surface area contributed by atoms with Crippen molar-refractivity contribution in [2.75, 3.05) is 7.11 Å². The number of rotatable bonds is 4. The van der Waals surface area contributed by atoms with Gasteiger partial charge in [0.05, 0.1) is 24.2 Å². The van der Waals surface area contributed by atoms with Crippen LogP contribution in [-0.2, 0) is 5.75 Å². The lowest BCUT2D eigenvalue weighted by Crippen LogP contribution is -2.09. The van der Waals surface area contributed by atoms with E-state index < -0.39 is 0 Å². The lowest BCUT2D eigenvalue weighted by molar-refractivity contribution is 0.415. The van der Waals surface area contributed by atoms with Crippen LogP contribution in [0.4, 0.5) is 0 Å². The summed E-state index contributed by atoms with van der Waals surface area (Å²) in [4.78, 5) is 4.69. The fourth-order valence-corrected chi connectivity index (χ4v) is 2.90. The molecule has 3 aromatic rings. The van der Waals surface area contributed by atoms with Crippen molar-refractivity contribution in [3.05, 3.63) is 59.9 Å². The SMILES string of the molecule is COc1ccc2c(c1)nc(CS)n2C(C)c1ccccc1. The second-order valence-electron chi connectivity index (χ2n) is 5.00. The Morgan fingerprint density at radius 1 is 1.19 bits per heavy atom. The lowest BCUT2D eigenvalue weighted by atomic mass is 10.1. The van der Waals surface area contributed by atoms with Gasteiger partial charge in [0.25, 0.3) is 0 Å². The van der Waals surface area contributed by atoms with Gasteiger partial charge in [-0.15, -0.1) is 0 Å². The molecular formula is C17H18N2OS. The first-order valence-corrected chi connectivity index (χ1v) is 7.58. The molecule has 0 amide bonds. The Balaban J connectivity index is 2.16. The summed E-state index contributed by atoms with van der Waals surface area (Å²) in [5.74, 6) is 2.40. The smallest absolute Gasteiger partial charge is 0.121 e. The summed E-state index contributed by atoms with van der Waals surface area (Å²) in [5.41, 5.74) is 3.31. The molecule has 1 unspecified atom stereocenters. The Morgan fingerprint density at radius 3 is 2.62 bits per heavy atom. The van der Waals surface area contributed by atoms with Crippen LogP contribution < -0.4 is 4.74 Å². The van der Waals surface area contributed by atoms with Gasteiger partial charge < -0.3 is 9.30 Å². The van der Waals surface area contributed by atoms with Crippen LogP contribution in [-0.4, -0.2) is 16.7 Å². The van der Waals surface area contributed by atoms with Crippen LogP contribution in [0.25, 0.3) is 11.0 Å². The van der Waals surface area contributed by atoms with Gasteiger partial charge in [-0.2, -0.15) is 12.6 Å². The Hall–Kier alpha value is -1.94. The van der Waals surface area contributed by atoms with Crippen LogP contribution >= 0.6 is 12.6 Å². The molecule has 0 fully saturated rings. The van der Waals surface area contributed by atoms with E-state index in [1.807, 2.05) is 18.2 Å². The Morgan fingerprint density at radius 2 is 1.95 bits per heavy atom. The fraction of sp³-hybridized carbons (Fsp3) is 0.235. The van der Waals surface area contributed by atoms with Gasteiger partial charge in [-0.3, -0.25) is 0 Å². The van der Waals surface area contributed by atoms with Crippen LogP contribution in [0.5, 0.6) is 5.75 Å². The predicted octanol–water partition coefficient (Wildman–Crippen LogP) is 4.08. The van der Waals surface area contributed by atoms with Gasteiger partial charge in [0.1, 0.15) is 11.6 Å². The van der Waals surface area contributed by atoms with E-state index in [1.165, 1.54) is 5.56 Å². The van der Waals surface area contributed by atoms with Crippen molar-refractivity contribution in [3.63, 3.8) is 0 Å². The van der Waals surface area contributed by atoms with Crippen molar-refractivity contribution in [1.82, 2.24) is 9.55 Å². The number of benzene rings is 2. The van der Waals surface area contributed by atoms with E-state index in [4.69, 9.17) is 9.72 Å². The topological polar surface area (TPSA) is 27.1 Å². The summed E-state index contributed by atoms with van der Waals surface area (Å²) >= 11 is 4.43. The minimum atomic E-state index is 0.215. The van der Waals surface area contributed by atoms with Gasteiger partial charge in [0.2, 0.25) is 0 Å². The third kappa shape index (κ3) is 2.51. The second-order valence-corrected chi connectivity index (χ2v) is 5.31. The number of nitrogens with zero attached hydrogens (tertiary/aromatic N) is 2. The van der Waals surface area contributed by atoms with E-state index in [0.717, 1.165) is 22.6 Å². The third-order valence-electron chi connectivity index (χ3n) is 3.78. The average molecular weight is 298 g/mol. The number of aromatic nitrogens is 2. The molecule has 1 aromatic heterocycles. The highest BCUT2D eigenvalue weighted by molar-refractivity contribution is 7.79. The van der Waals surface area contributed by atoms with Crippen molar-refractivity contribution in [1.29, 1.82) is 0 Å². The van der Waals surface area contributed by atoms with Gasteiger partial charge in [0.15, 0.2) is 0 Å². The van der Waals surface area contributed by atoms with Crippen molar-refractivity contribution in [3.8, 4) is 5.75 Å². The van der Waals surface area contributed by atoms with E-state index in [9.17, 15) is 0 Å². The molecule has 0 saturated carbocycles. The van der Waals surface area contributed by atoms with Crippen molar-refractivity contribution < 1.29 is 4.74 Å². The molecule has 1 atom stereocenters. The molecular weight excluding hydrogens is 280 g/mol. The highest BCUT2D eigenvalue weighted by Gasteiger charge is 2.16. The summed E-state index contributed by atoms with van der Waals surface area (Å²) in [6.07, 6.45) is 0. The number of methoxy groups -OCH3 is 1. The summed E-state index contributed by atoms with van der Waals surface area (Å²) in [5, 5.41) is 0. The normalized spacial score (nSPS) is 12.5. The Kier molecular flexibility index (Phi) is 3.88. The highest BCUT2D eigenvalue weighted by atomic mass is 32.1. The molecule has 108 valence electrons. The number of fused-ring (bicyclic) bond motifs is 1. The van der Waals surface area contributed by atoms with E-state index in [2.05, 4.69) is 54.5 Å². The summed E-state index contributed by atoms with van der Waals surface area (Å²) in [7, 11) is 1.67. The quantitative estimate of drug-likeness (QED) is 0.735. The maximum Gasteiger partial charge on any atom is 0.121 e. The molecule has 0 bridgehead atoms. The number of thiol groups is 1. The monoisotopic (exact) mass is 298 g/mol. The maximum absolute atomic E-state index is 5.28. The molecule has 1 heterocycles. The van der Waals surface area contributed by atoms with E-state index >= 15 is 0 Å². The van der Waals surface area contributed by atoms with Crippen molar-refractivity contribution in [2.24, 2.45) is 0 Å². The molecule has 3 nitrogen and oxygen atoms in total. The number of hydrogen-bond donors (Lipinski definition) is 1. The summed E-state index contributed by atoms with van der Waals surface area (Å²) in [6, 6.07) is 16.7. The summed E-state index contributed by atoms with van der Waals surface area (Å²) in [6.45, 7) is 2.19. The van der Waals surface area contributed by atoms with Gasteiger partial charge in [-0.05, 0) is 24.6 Å². The number of imidazole rings is 1. The standard InChI is InChI=1S/C17H18N2OS/c1-12(13-6-4-3-5-7-13)19-16-9-8-14(20-2)10-15(16)18-17(19)11-21/h3-10,12,21H,11H2,1-2H3. The molecule has 0 aliphatic carbocycles. The zero-order chi connectivity index (χ0) is 14.8. The van der Waals surface area contributed by atoms with E-state index in [0.29, 0.717) is 5.75 Å². The van der Waals surface area contributed by atoms with Crippen LogP contribution in [0.2, 0.25) is 0 Å². The fourth-order valence-electron chi connectivity index (χ4n) is 2.68. The molecule has 3 rings (SSSR count). The molecule has 0 spiro atoms. The number of hydrogen-bond acceptors (Lipinski definition) is 3. The van der Waals surface area contributed by atoms with Gasteiger partial charge in [-0.1, -0.05) is 30.3 Å². The highest BCUT2D eigenvalue weighted by Crippen LogP contribution is 2.28. The molecule has 0 saturated heterocycles. The maximum atomic E-state index is 5.28. The molecule has 0 N–H and O–H groups in total. The minimum Gasteiger partial charge on any atom is -0.497 e. The molecule has 0 aliphatic rings. The molecule has 21 heavy (non-hydrogen) atoms. The predicted molar refractivity (Wildman–Crippen MR) is 89.2 cm³/mol. The molecule has 0 radical (unpaired) electrons. The second kappa shape index (κ2) is 5.82. The Labute approximate surface area is 130 Å². The molecule has 2 aromatic carbocycles. The van der Waals surface area contributed by atoms with Crippen LogP contribution in [0.3, 0.4) is 0 Å². The number of ether oxygens (including phenoxy) is 1. The van der Waals surface area contributed by atoms with Crippen molar-refractivity contribution >= 4 is 23.7 Å². The molecule has 0 aliphatic heterocycles. The van der Waals surface area contributed by atoms with Gasteiger partial charge >= 0.3 is 0 Å². The van der Waals surface area contributed by atoms with Gasteiger partial charge in [0, 0.05) is 11.8 Å². The third-order valence-corrected chi connectivity index (χ3v) is 4.06. The first kappa shape index (κ1) is 14.0. The lowest BCUT2D eigenvalue weighted by Gasteiger charge is -2.17. The zero-order valence-electron chi connectivity index (χ0n) is 12.2. The van der Waals surface area contributed by atoms with Crippen molar-refractivity contribution in [2.45, 2.75) is 18.7 Å². The van der Waals surface area contributed by atoms with Crippen LogP contribution in [0.15, 0.2) is 48.5 Å². The molecule has 4 heteroatoms. The Bertz CT molecular complexity index is 752. The summed E-state index contributed by atoms with van der Waals surface area (Å²) < 4.78 is 7.53. The van der Waals surface area contributed by atoms with E-state index in [-0.39, 0.29) is 6.04 Å².